The minimum atomic E-state index is -1.23. The molecule has 74 valence electrons. The molecule has 1 amide bonds. The van der Waals surface area contributed by atoms with Crippen molar-refractivity contribution in [3.05, 3.63) is 0 Å². The van der Waals surface area contributed by atoms with Crippen LogP contribution in [-0.2, 0) is 9.53 Å². The summed E-state index contributed by atoms with van der Waals surface area (Å²) in [6.45, 7) is 1.46. The van der Waals surface area contributed by atoms with Crippen molar-refractivity contribution in [1.82, 2.24) is 5.32 Å². The third-order valence-electron chi connectivity index (χ3n) is 1.46. The highest BCUT2D eigenvalue weighted by atomic mass is 16.5. The number of carboxylic acids is 1. The lowest BCUT2D eigenvalue weighted by Crippen LogP contribution is -2.48. The summed E-state index contributed by atoms with van der Waals surface area (Å²) in [4.78, 5) is 21.1. The molecule has 0 unspecified atom stereocenters. The Balaban J connectivity index is 4.27. The summed E-state index contributed by atoms with van der Waals surface area (Å²) in [5.41, 5.74) is 0. The van der Waals surface area contributed by atoms with Crippen LogP contribution >= 0.6 is 0 Å². The number of ether oxygens (including phenoxy) is 1. The molecule has 0 aliphatic carbocycles. The van der Waals surface area contributed by atoms with Crippen molar-refractivity contribution in [2.75, 3.05) is 6.61 Å². The van der Waals surface area contributed by atoms with Crippen molar-refractivity contribution < 1.29 is 19.4 Å². The van der Waals surface area contributed by atoms with Crippen molar-refractivity contribution in [2.45, 2.75) is 19.1 Å². The van der Waals surface area contributed by atoms with Crippen LogP contribution in [0, 0.1) is 12.3 Å². The van der Waals surface area contributed by atoms with E-state index < -0.39 is 23.9 Å². The fourth-order valence-electron chi connectivity index (χ4n) is 0.809. The molecule has 0 rings (SSSR count). The number of carbonyl (C=O) groups is 2. The highest BCUT2D eigenvalue weighted by molar-refractivity contribution is 6.57. The third-order valence-corrected chi connectivity index (χ3v) is 1.46. The van der Waals surface area contributed by atoms with E-state index >= 15 is 0 Å². The van der Waals surface area contributed by atoms with Gasteiger partial charge in [0.15, 0.2) is 11.8 Å². The van der Waals surface area contributed by atoms with Crippen molar-refractivity contribution in [3.63, 3.8) is 0 Å². The quantitative estimate of drug-likeness (QED) is 0.451. The number of aliphatic carboxylic acids is 1. The minimum Gasteiger partial charge on any atom is -0.480 e. The number of terminal acetylenes is 1. The van der Waals surface area contributed by atoms with E-state index in [0.717, 1.165) is 0 Å². The molecule has 0 aromatic carbocycles. The van der Waals surface area contributed by atoms with Gasteiger partial charge < -0.3 is 15.2 Å². The van der Waals surface area contributed by atoms with E-state index in [4.69, 9.17) is 24.1 Å². The van der Waals surface area contributed by atoms with E-state index in [-0.39, 0.29) is 6.61 Å². The molecule has 0 spiro atoms. The number of carbonyl (C=O) groups excluding carboxylic acids is 1. The van der Waals surface area contributed by atoms with Crippen molar-refractivity contribution in [3.8, 4) is 12.3 Å². The Hall–Kier alpha value is -1.48. The molecule has 0 aromatic heterocycles. The molecule has 0 fully saturated rings. The van der Waals surface area contributed by atoms with E-state index in [1.807, 2.05) is 5.32 Å². The van der Waals surface area contributed by atoms with Gasteiger partial charge in [0.2, 0.25) is 7.85 Å². The van der Waals surface area contributed by atoms with Crippen molar-refractivity contribution >= 4 is 19.6 Å². The van der Waals surface area contributed by atoms with Gasteiger partial charge in [0, 0.05) is 0 Å². The summed E-state index contributed by atoms with van der Waals surface area (Å²) in [5.74, 6) is 0.0356. The molecule has 2 N–H and O–H groups in total. The standard InChI is InChI=1S/C8H10BNO4/c1-3-4-14-5(2)6(7(11)12)10-8(9)13/h1,5-6H,4H2,2H3,(H,10,13)(H,11,12)/t5-,6+/m1/s1. The second-order valence-electron chi connectivity index (χ2n) is 2.54. The van der Waals surface area contributed by atoms with Gasteiger partial charge in [-0.15, -0.1) is 6.42 Å². The third kappa shape index (κ3) is 4.53. The molecule has 0 saturated carbocycles. The zero-order chi connectivity index (χ0) is 11.1. The molecule has 2 atom stereocenters. The normalized spacial score (nSPS) is 13.7. The highest BCUT2D eigenvalue weighted by Crippen LogP contribution is 1.99. The number of hydrogen-bond acceptors (Lipinski definition) is 3. The second-order valence-corrected chi connectivity index (χ2v) is 2.54. The fourth-order valence-corrected chi connectivity index (χ4v) is 0.809. The van der Waals surface area contributed by atoms with Gasteiger partial charge in [-0.05, 0) is 6.92 Å². The first-order valence-electron chi connectivity index (χ1n) is 3.83. The number of hydrogen-bond donors (Lipinski definition) is 2. The average Bonchev–Trinajstić information content (AvgIpc) is 2.09. The number of carboxylic acid groups (broad SMARTS) is 1. The summed E-state index contributed by atoms with van der Waals surface area (Å²) in [5, 5.41) is 10.7. The Labute approximate surface area is 83.2 Å². The van der Waals surface area contributed by atoms with Gasteiger partial charge in [-0.2, -0.15) is 0 Å². The monoisotopic (exact) mass is 195 g/mol. The first-order valence-corrected chi connectivity index (χ1v) is 3.83. The Morgan fingerprint density at radius 1 is 1.71 bits per heavy atom. The Kier molecular flexibility index (Phi) is 5.41. The van der Waals surface area contributed by atoms with Gasteiger partial charge in [-0.25, -0.2) is 4.79 Å². The van der Waals surface area contributed by atoms with Crippen LogP contribution in [0.5, 0.6) is 0 Å². The lowest BCUT2D eigenvalue weighted by Gasteiger charge is -2.20. The Bertz CT molecular complexity index is 261. The fraction of sp³-hybridized carbons (Fsp3) is 0.500. The zero-order valence-corrected chi connectivity index (χ0v) is 7.69. The first kappa shape index (κ1) is 12.5. The van der Waals surface area contributed by atoms with Gasteiger partial charge >= 0.3 is 5.97 Å². The Morgan fingerprint density at radius 3 is 2.64 bits per heavy atom. The predicted molar refractivity (Wildman–Crippen MR) is 50.0 cm³/mol. The van der Waals surface area contributed by atoms with E-state index in [9.17, 15) is 9.59 Å². The highest BCUT2D eigenvalue weighted by Gasteiger charge is 2.25. The minimum absolute atomic E-state index is 0.0224. The molecule has 0 saturated heterocycles. The number of rotatable bonds is 5. The maximum atomic E-state index is 10.6. The van der Waals surface area contributed by atoms with Gasteiger partial charge in [-0.1, -0.05) is 5.92 Å². The molecule has 6 heteroatoms. The molecular weight excluding hydrogens is 185 g/mol. The lowest BCUT2D eigenvalue weighted by molar-refractivity contribution is -0.142. The van der Waals surface area contributed by atoms with E-state index in [0.29, 0.717) is 0 Å². The maximum absolute atomic E-state index is 10.6. The van der Waals surface area contributed by atoms with E-state index in [2.05, 4.69) is 5.92 Å². The molecule has 2 radical (unpaired) electrons. The second kappa shape index (κ2) is 6.05. The number of nitrogens with one attached hydrogen (secondary N) is 1. The average molecular weight is 195 g/mol. The van der Waals surface area contributed by atoms with Gasteiger partial charge in [0.25, 0.3) is 0 Å². The van der Waals surface area contributed by atoms with Crippen LogP contribution in [0.2, 0.25) is 0 Å². The summed E-state index contributed by atoms with van der Waals surface area (Å²) in [6, 6.07) is -1.19. The van der Waals surface area contributed by atoms with E-state index in [1.165, 1.54) is 6.92 Å². The van der Waals surface area contributed by atoms with Crippen LogP contribution < -0.4 is 5.32 Å². The molecule has 14 heavy (non-hydrogen) atoms. The smallest absolute Gasteiger partial charge is 0.328 e. The van der Waals surface area contributed by atoms with E-state index in [1.54, 1.807) is 0 Å². The van der Waals surface area contributed by atoms with Crippen LogP contribution in [0.3, 0.4) is 0 Å². The first-order chi connectivity index (χ1) is 6.49. The zero-order valence-electron chi connectivity index (χ0n) is 7.69. The van der Waals surface area contributed by atoms with Crippen LogP contribution in [0.25, 0.3) is 0 Å². The van der Waals surface area contributed by atoms with Crippen LogP contribution in [-0.4, -0.2) is 43.5 Å². The predicted octanol–water partition coefficient (Wildman–Crippen LogP) is -0.644. The summed E-state index contributed by atoms with van der Waals surface area (Å²) in [7, 11) is 4.79. The summed E-state index contributed by atoms with van der Waals surface area (Å²) in [6.07, 6.45) is 4.18. The van der Waals surface area contributed by atoms with Crippen LogP contribution in [0.1, 0.15) is 6.92 Å². The van der Waals surface area contributed by atoms with Crippen LogP contribution in [0.15, 0.2) is 0 Å². The Morgan fingerprint density at radius 2 is 2.29 bits per heavy atom. The lowest BCUT2D eigenvalue weighted by atomic mass is 10.1. The van der Waals surface area contributed by atoms with Gasteiger partial charge in [0.05, 0.1) is 6.10 Å². The molecular formula is C8H10BNO4. The molecule has 0 aliphatic heterocycles. The molecule has 0 heterocycles. The van der Waals surface area contributed by atoms with Crippen LogP contribution in [0.4, 0.5) is 4.79 Å². The topological polar surface area (TPSA) is 75.6 Å². The largest absolute Gasteiger partial charge is 0.480 e. The van der Waals surface area contributed by atoms with Crippen molar-refractivity contribution in [2.24, 2.45) is 0 Å². The van der Waals surface area contributed by atoms with Gasteiger partial charge in [-0.3, -0.25) is 4.79 Å². The molecule has 5 nitrogen and oxygen atoms in total. The van der Waals surface area contributed by atoms with Gasteiger partial charge in [0.1, 0.15) is 6.61 Å². The van der Waals surface area contributed by atoms with Crippen molar-refractivity contribution in [1.29, 1.82) is 0 Å². The molecule has 0 bridgehead atoms. The summed E-state index contributed by atoms with van der Waals surface area (Å²) < 4.78 is 4.93. The maximum Gasteiger partial charge on any atom is 0.328 e. The summed E-state index contributed by atoms with van der Waals surface area (Å²) >= 11 is 0. The molecule has 0 aromatic rings. The number of amides is 1. The molecule has 0 aliphatic rings. The SMILES string of the molecule is [B]C(=O)N[C@H](C(=O)O)[C@@H](C)OCC#C.